The molecule has 0 aromatic heterocycles. The first-order chi connectivity index (χ1) is 16.0. The minimum atomic E-state index is -1.02. The van der Waals surface area contributed by atoms with Crippen molar-refractivity contribution < 1.29 is 22.6 Å². The first kappa shape index (κ1) is 22.5. The highest BCUT2D eigenvalue weighted by Crippen LogP contribution is 2.31. The molecule has 0 unspecified atom stereocenters. The second-order valence-electron chi connectivity index (χ2n) is 7.62. The zero-order valence-electron chi connectivity index (χ0n) is 18.4. The summed E-state index contributed by atoms with van der Waals surface area (Å²) in [5, 5.41) is 0. The average Bonchev–Trinajstić information content (AvgIpc) is 2.85. The molecular formula is C28H23F3O2. The highest BCUT2D eigenvalue weighted by molar-refractivity contribution is 5.66. The lowest BCUT2D eigenvalue weighted by Gasteiger charge is -2.12. The molecule has 33 heavy (non-hydrogen) atoms. The Morgan fingerprint density at radius 3 is 1.88 bits per heavy atom. The maximum atomic E-state index is 14.7. The highest BCUT2D eigenvalue weighted by atomic mass is 19.2. The molecule has 5 heteroatoms. The van der Waals surface area contributed by atoms with E-state index in [0.29, 0.717) is 22.4 Å². The summed E-state index contributed by atoms with van der Waals surface area (Å²) in [6, 6.07) is 22.0. The van der Waals surface area contributed by atoms with Crippen LogP contribution in [0.15, 0.2) is 78.9 Å². The van der Waals surface area contributed by atoms with E-state index >= 15 is 0 Å². The lowest BCUT2D eigenvalue weighted by Crippen LogP contribution is -2.00. The SMILES string of the molecule is CCc1ccc(-c2ccc(OCc3ccc(-c4ccc(OC)cc4F)cc3)c(F)c2F)cc1. The maximum Gasteiger partial charge on any atom is 0.201 e. The Kier molecular flexibility index (Phi) is 6.68. The molecule has 0 amide bonds. The van der Waals surface area contributed by atoms with Crippen LogP contribution in [0.5, 0.6) is 11.5 Å². The predicted octanol–water partition coefficient (Wildman–Crippen LogP) is 7.59. The van der Waals surface area contributed by atoms with Gasteiger partial charge in [0.2, 0.25) is 5.82 Å². The lowest BCUT2D eigenvalue weighted by atomic mass is 10.0. The van der Waals surface area contributed by atoms with Crippen LogP contribution in [0, 0.1) is 17.5 Å². The predicted molar refractivity (Wildman–Crippen MR) is 124 cm³/mol. The van der Waals surface area contributed by atoms with Crippen molar-refractivity contribution in [2.24, 2.45) is 0 Å². The van der Waals surface area contributed by atoms with Crippen molar-refractivity contribution in [3.63, 3.8) is 0 Å². The van der Waals surface area contributed by atoms with Crippen molar-refractivity contribution in [1.29, 1.82) is 0 Å². The van der Waals surface area contributed by atoms with Crippen molar-refractivity contribution in [3.8, 4) is 33.8 Å². The van der Waals surface area contributed by atoms with Crippen LogP contribution in [0.25, 0.3) is 22.3 Å². The summed E-state index contributed by atoms with van der Waals surface area (Å²) in [5.41, 5.74) is 3.80. The van der Waals surface area contributed by atoms with E-state index in [9.17, 15) is 13.2 Å². The van der Waals surface area contributed by atoms with Gasteiger partial charge in [-0.1, -0.05) is 55.5 Å². The van der Waals surface area contributed by atoms with Crippen molar-refractivity contribution in [2.75, 3.05) is 7.11 Å². The number of aryl methyl sites for hydroxylation is 1. The molecule has 0 saturated heterocycles. The fourth-order valence-electron chi connectivity index (χ4n) is 3.58. The van der Waals surface area contributed by atoms with E-state index in [2.05, 4.69) is 0 Å². The second kappa shape index (κ2) is 9.82. The Bertz CT molecular complexity index is 1250. The van der Waals surface area contributed by atoms with E-state index in [1.807, 2.05) is 19.1 Å². The number of halogens is 3. The number of methoxy groups -OCH3 is 1. The molecule has 0 radical (unpaired) electrons. The van der Waals surface area contributed by atoms with Crippen LogP contribution >= 0.6 is 0 Å². The molecule has 0 saturated carbocycles. The number of hydrogen-bond donors (Lipinski definition) is 0. The third-order valence-electron chi connectivity index (χ3n) is 5.56. The van der Waals surface area contributed by atoms with E-state index in [1.54, 1.807) is 48.5 Å². The quantitative estimate of drug-likeness (QED) is 0.290. The van der Waals surface area contributed by atoms with Gasteiger partial charge in [0.05, 0.1) is 7.11 Å². The van der Waals surface area contributed by atoms with E-state index in [1.165, 1.54) is 25.3 Å². The van der Waals surface area contributed by atoms with Gasteiger partial charge in [0.15, 0.2) is 11.6 Å². The first-order valence-corrected chi connectivity index (χ1v) is 10.6. The van der Waals surface area contributed by atoms with Crippen LogP contribution in [-0.2, 0) is 13.0 Å². The Morgan fingerprint density at radius 1 is 0.667 bits per heavy atom. The van der Waals surface area contributed by atoms with Crippen LogP contribution in [0.4, 0.5) is 13.2 Å². The molecule has 168 valence electrons. The van der Waals surface area contributed by atoms with E-state index < -0.39 is 11.6 Å². The van der Waals surface area contributed by atoms with Gasteiger partial charge in [-0.3, -0.25) is 0 Å². The smallest absolute Gasteiger partial charge is 0.201 e. The number of benzene rings is 4. The van der Waals surface area contributed by atoms with E-state index in [4.69, 9.17) is 9.47 Å². The Labute approximate surface area is 191 Å². The molecule has 0 aliphatic heterocycles. The number of ether oxygens (including phenoxy) is 2. The van der Waals surface area contributed by atoms with Gasteiger partial charge in [-0.15, -0.1) is 0 Å². The molecule has 0 bridgehead atoms. The molecule has 4 rings (SSSR count). The molecule has 2 nitrogen and oxygen atoms in total. The maximum absolute atomic E-state index is 14.7. The largest absolute Gasteiger partial charge is 0.497 e. The van der Waals surface area contributed by atoms with Gasteiger partial charge in [-0.05, 0) is 52.9 Å². The van der Waals surface area contributed by atoms with Crippen LogP contribution in [-0.4, -0.2) is 7.11 Å². The van der Waals surface area contributed by atoms with Gasteiger partial charge < -0.3 is 9.47 Å². The summed E-state index contributed by atoms with van der Waals surface area (Å²) in [6.07, 6.45) is 0.875. The molecule has 0 spiro atoms. The monoisotopic (exact) mass is 448 g/mol. The van der Waals surface area contributed by atoms with Crippen molar-refractivity contribution in [1.82, 2.24) is 0 Å². The lowest BCUT2D eigenvalue weighted by molar-refractivity contribution is 0.285. The standard InChI is InChI=1S/C28H23F3O2/c1-3-18-4-8-21(9-5-18)24-14-15-26(28(31)27(24)30)33-17-19-6-10-20(11-7-19)23-13-12-22(32-2)16-25(23)29/h4-16H,3,17H2,1-2H3. The summed E-state index contributed by atoms with van der Waals surface area (Å²) in [7, 11) is 1.48. The van der Waals surface area contributed by atoms with E-state index in [0.717, 1.165) is 17.5 Å². The molecule has 4 aromatic carbocycles. The zero-order chi connectivity index (χ0) is 23.4. The van der Waals surface area contributed by atoms with Gasteiger partial charge in [-0.2, -0.15) is 4.39 Å². The van der Waals surface area contributed by atoms with E-state index in [-0.39, 0.29) is 23.7 Å². The molecule has 4 aromatic rings. The van der Waals surface area contributed by atoms with Crippen LogP contribution < -0.4 is 9.47 Å². The highest BCUT2D eigenvalue weighted by Gasteiger charge is 2.16. The Hall–Kier alpha value is -3.73. The van der Waals surface area contributed by atoms with Gasteiger partial charge in [0.25, 0.3) is 0 Å². The first-order valence-electron chi connectivity index (χ1n) is 10.6. The molecule has 0 aliphatic carbocycles. The number of hydrogen-bond acceptors (Lipinski definition) is 2. The Morgan fingerprint density at radius 2 is 1.27 bits per heavy atom. The van der Waals surface area contributed by atoms with Crippen LogP contribution in [0.3, 0.4) is 0 Å². The summed E-state index contributed by atoms with van der Waals surface area (Å²) in [4.78, 5) is 0. The van der Waals surface area contributed by atoms with Gasteiger partial charge in [-0.25, -0.2) is 8.78 Å². The summed E-state index contributed by atoms with van der Waals surface area (Å²) in [5.74, 6) is -2.07. The fourth-order valence-corrected chi connectivity index (χ4v) is 3.58. The van der Waals surface area contributed by atoms with Crippen molar-refractivity contribution in [3.05, 3.63) is 107 Å². The summed E-state index contributed by atoms with van der Waals surface area (Å²) in [6.45, 7) is 2.08. The Balaban J connectivity index is 1.47. The van der Waals surface area contributed by atoms with Crippen LogP contribution in [0.1, 0.15) is 18.1 Å². The minimum absolute atomic E-state index is 0.0479. The topological polar surface area (TPSA) is 18.5 Å². The summed E-state index contributed by atoms with van der Waals surface area (Å²) < 4.78 is 54.2. The van der Waals surface area contributed by atoms with Gasteiger partial charge >= 0.3 is 0 Å². The molecule has 0 aliphatic rings. The molecule has 0 atom stereocenters. The minimum Gasteiger partial charge on any atom is -0.497 e. The van der Waals surface area contributed by atoms with Gasteiger partial charge in [0.1, 0.15) is 18.2 Å². The second-order valence-corrected chi connectivity index (χ2v) is 7.62. The molecule has 0 fully saturated rings. The zero-order valence-corrected chi connectivity index (χ0v) is 18.4. The van der Waals surface area contributed by atoms with Crippen LogP contribution in [0.2, 0.25) is 0 Å². The molecule has 0 N–H and O–H groups in total. The summed E-state index contributed by atoms with van der Waals surface area (Å²) >= 11 is 0. The molecular weight excluding hydrogens is 425 g/mol. The van der Waals surface area contributed by atoms with Crippen molar-refractivity contribution in [2.45, 2.75) is 20.0 Å². The molecule has 0 heterocycles. The third kappa shape index (κ3) is 4.87. The van der Waals surface area contributed by atoms with Gasteiger partial charge in [0, 0.05) is 17.2 Å². The normalized spacial score (nSPS) is 10.8. The van der Waals surface area contributed by atoms with Crippen molar-refractivity contribution >= 4 is 0 Å². The average molecular weight is 448 g/mol. The third-order valence-corrected chi connectivity index (χ3v) is 5.56. The number of rotatable bonds is 7. The fraction of sp³-hybridized carbons (Fsp3) is 0.143.